The Kier molecular flexibility index (Phi) is 0.844. The fourth-order valence-electron chi connectivity index (χ4n) is 0.320. The minimum Gasteiger partial charge on any atom is -0.479 e. The summed E-state index contributed by atoms with van der Waals surface area (Å²) in [6.07, 6.45) is 0.301. The standard InChI is InChI=1S/C4H4O4/c5-1-4(2-8-4)3(6)7/h1H,2H2,(H,6,7). The first-order chi connectivity index (χ1) is 3.71. The maximum Gasteiger partial charge on any atom is 0.346 e. The van der Waals surface area contributed by atoms with Crippen LogP contribution < -0.4 is 0 Å². The van der Waals surface area contributed by atoms with E-state index in [4.69, 9.17) is 5.11 Å². The Labute approximate surface area is 45.1 Å². The maximum atomic E-state index is 9.96. The quantitative estimate of drug-likeness (QED) is 0.286. The molecule has 8 heavy (non-hydrogen) atoms. The molecule has 0 bridgehead atoms. The average molecular weight is 116 g/mol. The van der Waals surface area contributed by atoms with E-state index in [0.717, 1.165) is 0 Å². The highest BCUT2D eigenvalue weighted by Crippen LogP contribution is 2.23. The summed E-state index contributed by atoms with van der Waals surface area (Å²) in [4.78, 5) is 19.8. The summed E-state index contributed by atoms with van der Waals surface area (Å²) in [5.74, 6) is -1.20. The first-order valence-corrected chi connectivity index (χ1v) is 2.05. The SMILES string of the molecule is O=CC1(C(=O)O)CO1. The summed E-state index contributed by atoms with van der Waals surface area (Å²) < 4.78 is 4.34. The van der Waals surface area contributed by atoms with Gasteiger partial charge >= 0.3 is 5.97 Å². The average Bonchev–Trinajstić information content (AvgIpc) is 2.44. The fourth-order valence-corrected chi connectivity index (χ4v) is 0.320. The summed E-state index contributed by atoms with van der Waals surface area (Å²) in [7, 11) is 0. The van der Waals surface area contributed by atoms with Crippen molar-refractivity contribution in [2.75, 3.05) is 6.61 Å². The van der Waals surface area contributed by atoms with Gasteiger partial charge in [0.25, 0.3) is 0 Å². The van der Waals surface area contributed by atoms with E-state index in [9.17, 15) is 9.59 Å². The van der Waals surface area contributed by atoms with Gasteiger partial charge in [0.05, 0.1) is 6.61 Å². The molecule has 1 unspecified atom stereocenters. The number of aldehydes is 1. The second kappa shape index (κ2) is 1.29. The smallest absolute Gasteiger partial charge is 0.346 e. The third kappa shape index (κ3) is 0.500. The Balaban J connectivity index is 2.66. The van der Waals surface area contributed by atoms with Crippen LogP contribution in [0.3, 0.4) is 0 Å². The number of epoxide rings is 1. The van der Waals surface area contributed by atoms with E-state index in [2.05, 4.69) is 4.74 Å². The highest BCUT2D eigenvalue weighted by Gasteiger charge is 2.53. The summed E-state index contributed by atoms with van der Waals surface area (Å²) in [6.45, 7) is 0.0197. The molecule has 0 radical (unpaired) electrons. The molecule has 0 aromatic rings. The Bertz CT molecular complexity index is 135. The van der Waals surface area contributed by atoms with Crippen LogP contribution in [-0.2, 0) is 14.3 Å². The summed E-state index contributed by atoms with van der Waals surface area (Å²) in [5, 5.41) is 8.15. The molecule has 0 aromatic carbocycles. The van der Waals surface area contributed by atoms with Gasteiger partial charge in [-0.3, -0.25) is 4.79 Å². The number of ether oxygens (including phenoxy) is 1. The van der Waals surface area contributed by atoms with Gasteiger partial charge in [0.1, 0.15) is 0 Å². The lowest BCUT2D eigenvalue weighted by Gasteiger charge is -1.89. The third-order valence-corrected chi connectivity index (χ3v) is 1.01. The van der Waals surface area contributed by atoms with Crippen LogP contribution in [0.2, 0.25) is 0 Å². The topological polar surface area (TPSA) is 66.9 Å². The number of aliphatic carboxylic acids is 1. The van der Waals surface area contributed by atoms with E-state index in [1.54, 1.807) is 0 Å². The summed E-state index contributed by atoms with van der Waals surface area (Å²) >= 11 is 0. The van der Waals surface area contributed by atoms with Gasteiger partial charge in [-0.2, -0.15) is 0 Å². The molecule has 1 rings (SSSR count). The van der Waals surface area contributed by atoms with Crippen LogP contribution in [-0.4, -0.2) is 29.6 Å². The van der Waals surface area contributed by atoms with Gasteiger partial charge in [-0.25, -0.2) is 4.79 Å². The van der Waals surface area contributed by atoms with Crippen LogP contribution in [0.4, 0.5) is 0 Å². The van der Waals surface area contributed by atoms with Crippen molar-refractivity contribution in [1.29, 1.82) is 0 Å². The molecule has 4 heteroatoms. The van der Waals surface area contributed by atoms with Gasteiger partial charge < -0.3 is 9.84 Å². The van der Waals surface area contributed by atoms with E-state index in [0.29, 0.717) is 6.29 Å². The molecule has 0 aromatic heterocycles. The zero-order valence-electron chi connectivity index (χ0n) is 3.96. The number of hydrogen-bond donors (Lipinski definition) is 1. The minimum atomic E-state index is -1.47. The first-order valence-electron chi connectivity index (χ1n) is 2.05. The van der Waals surface area contributed by atoms with Crippen molar-refractivity contribution in [3.8, 4) is 0 Å². The van der Waals surface area contributed by atoms with Gasteiger partial charge in [0.15, 0.2) is 6.29 Å². The van der Waals surface area contributed by atoms with Gasteiger partial charge in [0.2, 0.25) is 5.60 Å². The molecule has 1 aliphatic heterocycles. The van der Waals surface area contributed by atoms with Crippen molar-refractivity contribution >= 4 is 12.3 Å². The maximum absolute atomic E-state index is 9.96. The molecule has 1 fully saturated rings. The van der Waals surface area contributed by atoms with E-state index in [1.807, 2.05) is 0 Å². The van der Waals surface area contributed by atoms with Crippen molar-refractivity contribution in [2.24, 2.45) is 0 Å². The zero-order chi connectivity index (χ0) is 6.20. The van der Waals surface area contributed by atoms with Crippen LogP contribution in [0.15, 0.2) is 0 Å². The molecule has 0 aliphatic carbocycles. The highest BCUT2D eigenvalue weighted by atomic mass is 16.6. The largest absolute Gasteiger partial charge is 0.479 e. The van der Waals surface area contributed by atoms with Crippen LogP contribution in [0.25, 0.3) is 0 Å². The fraction of sp³-hybridized carbons (Fsp3) is 0.500. The predicted octanol–water partition coefficient (Wildman–Crippen LogP) is -0.961. The Morgan fingerprint density at radius 2 is 2.38 bits per heavy atom. The summed E-state index contributed by atoms with van der Waals surface area (Å²) in [6, 6.07) is 0. The molecular formula is C4H4O4. The van der Waals surface area contributed by atoms with Crippen molar-refractivity contribution in [1.82, 2.24) is 0 Å². The molecular weight excluding hydrogens is 112 g/mol. The molecule has 0 saturated carbocycles. The molecule has 0 amide bonds. The Hall–Kier alpha value is -0.900. The van der Waals surface area contributed by atoms with Crippen molar-refractivity contribution < 1.29 is 19.4 Å². The number of carbonyl (C=O) groups excluding carboxylic acids is 1. The van der Waals surface area contributed by atoms with E-state index < -0.39 is 11.6 Å². The molecule has 1 aliphatic rings. The molecule has 1 heterocycles. The van der Waals surface area contributed by atoms with Crippen LogP contribution >= 0.6 is 0 Å². The number of hydrogen-bond acceptors (Lipinski definition) is 3. The van der Waals surface area contributed by atoms with Gasteiger partial charge in [0, 0.05) is 0 Å². The molecule has 1 N–H and O–H groups in total. The molecule has 0 spiro atoms. The predicted molar refractivity (Wildman–Crippen MR) is 22.4 cm³/mol. The Morgan fingerprint density at radius 3 is 2.38 bits per heavy atom. The second-order valence-corrected chi connectivity index (χ2v) is 1.60. The number of rotatable bonds is 2. The lowest BCUT2D eigenvalue weighted by atomic mass is 10.2. The summed E-state index contributed by atoms with van der Waals surface area (Å²) in [5.41, 5.74) is -1.47. The van der Waals surface area contributed by atoms with Crippen LogP contribution in [0, 0.1) is 0 Å². The first kappa shape index (κ1) is 5.24. The number of carboxylic acids is 1. The van der Waals surface area contributed by atoms with Crippen molar-refractivity contribution in [3.05, 3.63) is 0 Å². The number of carbonyl (C=O) groups is 2. The van der Waals surface area contributed by atoms with E-state index >= 15 is 0 Å². The third-order valence-electron chi connectivity index (χ3n) is 1.01. The van der Waals surface area contributed by atoms with Gasteiger partial charge in [-0.15, -0.1) is 0 Å². The Morgan fingerprint density at radius 1 is 1.88 bits per heavy atom. The van der Waals surface area contributed by atoms with Crippen molar-refractivity contribution in [2.45, 2.75) is 5.60 Å². The zero-order valence-corrected chi connectivity index (χ0v) is 3.96. The lowest BCUT2D eigenvalue weighted by molar-refractivity contribution is -0.145. The molecule has 1 atom stereocenters. The van der Waals surface area contributed by atoms with E-state index in [1.165, 1.54) is 0 Å². The van der Waals surface area contributed by atoms with Gasteiger partial charge in [-0.05, 0) is 0 Å². The monoisotopic (exact) mass is 116 g/mol. The van der Waals surface area contributed by atoms with E-state index in [-0.39, 0.29) is 6.61 Å². The van der Waals surface area contributed by atoms with Crippen LogP contribution in [0.5, 0.6) is 0 Å². The molecule has 44 valence electrons. The van der Waals surface area contributed by atoms with Crippen molar-refractivity contribution in [3.63, 3.8) is 0 Å². The number of carboxylic acid groups (broad SMARTS) is 1. The minimum absolute atomic E-state index is 0.0197. The van der Waals surface area contributed by atoms with Crippen LogP contribution in [0.1, 0.15) is 0 Å². The van der Waals surface area contributed by atoms with Gasteiger partial charge in [-0.1, -0.05) is 0 Å². The highest BCUT2D eigenvalue weighted by molar-refractivity contribution is 5.98. The normalized spacial score (nSPS) is 34.0. The second-order valence-electron chi connectivity index (χ2n) is 1.60. The molecule has 4 nitrogen and oxygen atoms in total. The molecule has 1 saturated heterocycles. The lowest BCUT2D eigenvalue weighted by Crippen LogP contribution is -2.25.